The number of rotatable bonds is 3. The van der Waals surface area contributed by atoms with Gasteiger partial charge in [0.15, 0.2) is 11.5 Å². The van der Waals surface area contributed by atoms with Crippen LogP contribution in [0.4, 0.5) is 10.1 Å². The third-order valence-electron chi connectivity index (χ3n) is 5.47. The molecule has 2 N–H and O–H groups in total. The van der Waals surface area contributed by atoms with Crippen molar-refractivity contribution in [1.29, 1.82) is 0 Å². The van der Waals surface area contributed by atoms with Gasteiger partial charge >= 0.3 is 0 Å². The van der Waals surface area contributed by atoms with Crippen LogP contribution in [0.1, 0.15) is 16.1 Å². The number of benzene rings is 1. The Bertz CT molecular complexity index is 1380. The Morgan fingerprint density at radius 3 is 2.68 bits per heavy atom. The molecule has 1 aliphatic rings. The molecule has 10 heteroatoms. The number of amides is 1. The van der Waals surface area contributed by atoms with E-state index >= 15 is 0 Å². The Morgan fingerprint density at radius 1 is 1.16 bits per heavy atom. The average molecular weight is 438 g/mol. The van der Waals surface area contributed by atoms with Crippen molar-refractivity contribution in [2.24, 2.45) is 0 Å². The number of anilines is 1. The van der Waals surface area contributed by atoms with Crippen LogP contribution in [-0.4, -0.2) is 50.7 Å². The minimum atomic E-state index is -2.62. The number of hydrogen-bond donors (Lipinski definition) is 2. The van der Waals surface area contributed by atoms with Crippen LogP contribution in [0.5, 0.6) is 0 Å². The fraction of sp³-hybridized carbons (Fsp3) is 0.238. The number of carbonyl (C=O) groups excluding carboxylic acids is 1. The molecule has 1 aromatic carbocycles. The number of halogens is 1. The molecule has 3 aromatic heterocycles. The smallest absolute Gasteiger partial charge is 0.257 e. The van der Waals surface area contributed by atoms with Gasteiger partial charge in [0.2, 0.25) is 0 Å². The molecule has 1 saturated heterocycles. The summed E-state index contributed by atoms with van der Waals surface area (Å²) in [5.41, 5.74) is 2.31. The molecule has 158 valence electrons. The molecule has 8 nitrogen and oxygen atoms in total. The quantitative estimate of drug-likeness (QED) is 0.477. The molecule has 0 radical (unpaired) electrons. The summed E-state index contributed by atoms with van der Waals surface area (Å²) in [6.45, 7) is 3.14. The van der Waals surface area contributed by atoms with E-state index < -0.39 is 18.9 Å². The minimum absolute atomic E-state index is 0.197. The molecule has 31 heavy (non-hydrogen) atoms. The molecule has 4 aromatic rings. The summed E-state index contributed by atoms with van der Waals surface area (Å²) in [7, 11) is -2.62. The van der Waals surface area contributed by atoms with Gasteiger partial charge in [0.1, 0.15) is 18.2 Å². The van der Waals surface area contributed by atoms with E-state index in [1.165, 1.54) is 22.9 Å². The molecule has 0 spiro atoms. The van der Waals surface area contributed by atoms with Crippen molar-refractivity contribution >= 4 is 40.7 Å². The van der Waals surface area contributed by atoms with Gasteiger partial charge in [-0.3, -0.25) is 14.8 Å². The number of aryl methyl sites for hydroxylation is 1. The molecular formula is C21H20FN6O2P. The maximum absolute atomic E-state index is 14.4. The topological polar surface area (TPSA) is 101 Å². The molecule has 1 aliphatic heterocycles. The Hall–Kier alpha value is -3.16. The van der Waals surface area contributed by atoms with Crippen LogP contribution in [0.25, 0.3) is 16.7 Å². The van der Waals surface area contributed by atoms with Crippen molar-refractivity contribution in [3.8, 4) is 0 Å². The van der Waals surface area contributed by atoms with Gasteiger partial charge in [0.05, 0.1) is 16.9 Å². The van der Waals surface area contributed by atoms with E-state index in [4.69, 9.17) is 0 Å². The molecule has 4 heterocycles. The number of aromatic nitrogens is 4. The van der Waals surface area contributed by atoms with E-state index in [0.717, 1.165) is 0 Å². The second kappa shape index (κ2) is 7.51. The van der Waals surface area contributed by atoms with Crippen molar-refractivity contribution in [3.63, 3.8) is 0 Å². The Labute approximate surface area is 177 Å². The molecule has 5 rings (SSSR count). The van der Waals surface area contributed by atoms with E-state index in [1.54, 1.807) is 31.5 Å². The van der Waals surface area contributed by atoms with Gasteiger partial charge in [0, 0.05) is 61.6 Å². The number of nitrogens with one attached hydrogen (secondary N) is 2. The van der Waals surface area contributed by atoms with Crippen LogP contribution in [-0.2, 0) is 4.57 Å². The molecule has 0 atom stereocenters. The third-order valence-corrected chi connectivity index (χ3v) is 8.60. The van der Waals surface area contributed by atoms with Gasteiger partial charge in [-0.25, -0.2) is 9.37 Å². The molecule has 1 fully saturated rings. The lowest BCUT2D eigenvalue weighted by Crippen LogP contribution is -2.32. The van der Waals surface area contributed by atoms with Crippen LogP contribution in [0.3, 0.4) is 0 Å². The standard InChI is InChI=1S/C21H20FN6O2P/c1-13-11-28-12-14(10-16(22)20(28)26-13)27-21(29)15-2-3-17(19-18(15)24-4-5-25-19)31(30)8-6-23-7-9-31/h2-5,10-12,23H,6-9H2,1H3,(H,27,29). The summed E-state index contributed by atoms with van der Waals surface area (Å²) in [6.07, 6.45) is 7.42. The van der Waals surface area contributed by atoms with E-state index in [1.807, 2.05) is 0 Å². The lowest BCUT2D eigenvalue weighted by atomic mass is 10.1. The number of fused-ring (bicyclic) bond motifs is 2. The van der Waals surface area contributed by atoms with E-state index in [2.05, 4.69) is 25.6 Å². The number of hydrogen-bond acceptors (Lipinski definition) is 6. The number of nitrogens with zero attached hydrogens (tertiary/aromatic N) is 4. The largest absolute Gasteiger partial charge is 0.320 e. The van der Waals surface area contributed by atoms with Gasteiger partial charge in [-0.2, -0.15) is 0 Å². The van der Waals surface area contributed by atoms with Crippen LogP contribution in [0.2, 0.25) is 0 Å². The van der Waals surface area contributed by atoms with Crippen LogP contribution >= 0.6 is 7.14 Å². The molecule has 0 saturated carbocycles. The van der Waals surface area contributed by atoms with Crippen LogP contribution in [0.15, 0.2) is 43.0 Å². The number of carbonyl (C=O) groups is 1. The van der Waals surface area contributed by atoms with E-state index in [9.17, 15) is 13.8 Å². The zero-order valence-corrected chi connectivity index (χ0v) is 17.7. The third kappa shape index (κ3) is 3.49. The zero-order chi connectivity index (χ0) is 21.6. The average Bonchev–Trinajstić information content (AvgIpc) is 3.14. The lowest BCUT2D eigenvalue weighted by molar-refractivity contribution is 0.102. The minimum Gasteiger partial charge on any atom is -0.320 e. The predicted molar refractivity (Wildman–Crippen MR) is 117 cm³/mol. The van der Waals surface area contributed by atoms with Crippen molar-refractivity contribution in [2.75, 3.05) is 30.7 Å². The van der Waals surface area contributed by atoms with E-state index in [-0.39, 0.29) is 11.2 Å². The Morgan fingerprint density at radius 2 is 1.90 bits per heavy atom. The highest BCUT2D eigenvalue weighted by molar-refractivity contribution is 7.72. The molecule has 1 amide bonds. The highest BCUT2D eigenvalue weighted by Gasteiger charge is 2.30. The second-order valence-electron chi connectivity index (χ2n) is 7.62. The van der Waals surface area contributed by atoms with Gasteiger partial charge < -0.3 is 19.6 Å². The van der Waals surface area contributed by atoms with Gasteiger partial charge in [-0.05, 0) is 19.1 Å². The first-order valence-electron chi connectivity index (χ1n) is 9.94. The summed E-state index contributed by atoms with van der Waals surface area (Å²) in [5.74, 6) is -0.980. The summed E-state index contributed by atoms with van der Waals surface area (Å²) in [5, 5.41) is 6.61. The summed E-state index contributed by atoms with van der Waals surface area (Å²) in [4.78, 5) is 25.9. The number of imidazole rings is 1. The summed E-state index contributed by atoms with van der Waals surface area (Å²) < 4.78 is 29.4. The molecule has 0 unspecified atom stereocenters. The maximum Gasteiger partial charge on any atom is 0.257 e. The van der Waals surface area contributed by atoms with Gasteiger partial charge in [0.25, 0.3) is 5.91 Å². The predicted octanol–water partition coefficient (Wildman–Crippen LogP) is 2.57. The fourth-order valence-electron chi connectivity index (χ4n) is 4.00. The van der Waals surface area contributed by atoms with Crippen molar-refractivity contribution < 1.29 is 13.8 Å². The fourth-order valence-corrected chi connectivity index (χ4v) is 6.64. The lowest BCUT2D eigenvalue weighted by Gasteiger charge is -2.24. The second-order valence-corrected chi connectivity index (χ2v) is 10.8. The SMILES string of the molecule is Cc1cn2cc(NC(=O)c3ccc(P4(=O)CCNCC4)c4nccnc34)cc(F)c2n1. The van der Waals surface area contributed by atoms with Gasteiger partial charge in [-0.1, -0.05) is 0 Å². The van der Waals surface area contributed by atoms with Crippen molar-refractivity contribution in [2.45, 2.75) is 6.92 Å². The Kier molecular flexibility index (Phi) is 4.79. The highest BCUT2D eigenvalue weighted by atomic mass is 31.2. The monoisotopic (exact) mass is 438 g/mol. The summed E-state index contributed by atoms with van der Waals surface area (Å²) >= 11 is 0. The van der Waals surface area contributed by atoms with Crippen LogP contribution in [0, 0.1) is 12.7 Å². The van der Waals surface area contributed by atoms with Gasteiger partial charge in [-0.15, -0.1) is 0 Å². The van der Waals surface area contributed by atoms with Crippen molar-refractivity contribution in [1.82, 2.24) is 24.7 Å². The molecular weight excluding hydrogens is 418 g/mol. The molecule has 0 bridgehead atoms. The normalized spacial score (nSPS) is 15.9. The van der Waals surface area contributed by atoms with Crippen molar-refractivity contribution in [3.05, 3.63) is 60.1 Å². The first kappa shape index (κ1) is 19.8. The molecule has 0 aliphatic carbocycles. The van der Waals surface area contributed by atoms with Crippen LogP contribution < -0.4 is 15.9 Å². The first-order chi connectivity index (χ1) is 14.9. The zero-order valence-electron chi connectivity index (χ0n) is 16.8. The highest BCUT2D eigenvalue weighted by Crippen LogP contribution is 2.46. The van der Waals surface area contributed by atoms with E-state index in [0.29, 0.717) is 53.1 Å². The number of pyridine rings is 1. The Balaban J connectivity index is 1.54. The maximum atomic E-state index is 14.4. The summed E-state index contributed by atoms with van der Waals surface area (Å²) in [6, 6.07) is 4.58. The first-order valence-corrected chi connectivity index (χ1v) is 12.0.